The molecule has 2 N–H and O–H groups in total. The Morgan fingerprint density at radius 2 is 2.00 bits per heavy atom. The van der Waals surface area contributed by atoms with Gasteiger partial charge in [-0.25, -0.2) is 0 Å². The number of likely N-dealkylation sites (tertiary alicyclic amines) is 1. The molecule has 0 bridgehead atoms. The lowest BCUT2D eigenvalue weighted by atomic mass is 9.90. The van der Waals surface area contributed by atoms with Crippen molar-refractivity contribution in [2.24, 2.45) is 11.1 Å². The average Bonchev–Trinajstić information content (AvgIpc) is 2.95. The van der Waals surface area contributed by atoms with Crippen molar-refractivity contribution < 1.29 is 4.79 Å². The van der Waals surface area contributed by atoms with Gasteiger partial charge in [0.1, 0.15) is 0 Å². The van der Waals surface area contributed by atoms with Crippen LogP contribution in [-0.2, 0) is 4.79 Å². The van der Waals surface area contributed by atoms with Crippen LogP contribution in [0.2, 0.25) is 0 Å². The quantitative estimate of drug-likeness (QED) is 0.858. The number of nitrogens with two attached hydrogens (primary N) is 1. The van der Waals surface area contributed by atoms with Crippen LogP contribution in [-0.4, -0.2) is 36.2 Å². The van der Waals surface area contributed by atoms with Gasteiger partial charge in [-0.3, -0.25) is 4.79 Å². The molecular weight excluding hydrogens is 328 g/mol. The summed E-state index contributed by atoms with van der Waals surface area (Å²) in [5.74, 6) is 0.717. The zero-order valence-electron chi connectivity index (χ0n) is 13.3. The maximum Gasteiger partial charge on any atom is 0.232 e. The first-order valence-electron chi connectivity index (χ1n) is 7.69. The molecule has 23 heavy (non-hydrogen) atoms. The fraction of sp³-hybridized carbons (Fsp3) is 0.389. The molecule has 1 aliphatic heterocycles. The maximum absolute atomic E-state index is 12.4. The van der Waals surface area contributed by atoms with E-state index in [0.717, 1.165) is 24.4 Å². The molecule has 3 rings (SSSR count). The van der Waals surface area contributed by atoms with Crippen molar-refractivity contribution in [3.63, 3.8) is 0 Å². The second-order valence-electron chi connectivity index (χ2n) is 6.38. The Bertz CT molecular complexity index is 694. The first-order valence-corrected chi connectivity index (χ1v) is 8.68. The molecule has 0 aliphatic carbocycles. The van der Waals surface area contributed by atoms with E-state index in [4.69, 9.17) is 5.73 Å². The highest BCUT2D eigenvalue weighted by molar-refractivity contribution is 8.00. The van der Waals surface area contributed by atoms with Crippen LogP contribution in [0.25, 0.3) is 10.8 Å². The molecular formula is C18H23ClN2OS. The minimum absolute atomic E-state index is 0. The van der Waals surface area contributed by atoms with Crippen LogP contribution < -0.4 is 5.73 Å². The number of hydrogen-bond donors (Lipinski definition) is 1. The van der Waals surface area contributed by atoms with Crippen LogP contribution in [0.4, 0.5) is 0 Å². The van der Waals surface area contributed by atoms with Crippen molar-refractivity contribution in [2.75, 3.05) is 25.4 Å². The van der Waals surface area contributed by atoms with Gasteiger partial charge in [0.25, 0.3) is 0 Å². The average molecular weight is 351 g/mol. The number of hydrogen-bond acceptors (Lipinski definition) is 3. The largest absolute Gasteiger partial charge is 0.341 e. The molecule has 0 aromatic heterocycles. The molecule has 0 radical (unpaired) electrons. The number of amides is 1. The topological polar surface area (TPSA) is 46.3 Å². The lowest BCUT2D eigenvalue weighted by Crippen LogP contribution is -2.35. The highest BCUT2D eigenvalue weighted by Crippen LogP contribution is 2.30. The third-order valence-electron chi connectivity index (χ3n) is 4.49. The Morgan fingerprint density at radius 1 is 1.26 bits per heavy atom. The van der Waals surface area contributed by atoms with Gasteiger partial charge in [-0.05, 0) is 41.3 Å². The molecule has 1 saturated heterocycles. The summed E-state index contributed by atoms with van der Waals surface area (Å²) in [4.78, 5) is 15.5. The molecule has 1 unspecified atom stereocenters. The minimum atomic E-state index is 0. The number of carbonyl (C=O) groups is 1. The van der Waals surface area contributed by atoms with Gasteiger partial charge in [0.2, 0.25) is 5.91 Å². The third-order valence-corrected chi connectivity index (χ3v) is 5.47. The summed E-state index contributed by atoms with van der Waals surface area (Å²) < 4.78 is 0. The van der Waals surface area contributed by atoms with Crippen molar-refractivity contribution in [2.45, 2.75) is 18.2 Å². The van der Waals surface area contributed by atoms with Crippen LogP contribution in [0.15, 0.2) is 47.4 Å². The predicted molar refractivity (Wildman–Crippen MR) is 100 cm³/mol. The van der Waals surface area contributed by atoms with E-state index >= 15 is 0 Å². The Balaban J connectivity index is 0.00000192. The van der Waals surface area contributed by atoms with Gasteiger partial charge in [0, 0.05) is 18.0 Å². The van der Waals surface area contributed by atoms with Crippen molar-refractivity contribution in [1.29, 1.82) is 0 Å². The normalized spacial score (nSPS) is 20.5. The Morgan fingerprint density at radius 3 is 2.70 bits per heavy atom. The molecule has 124 valence electrons. The van der Waals surface area contributed by atoms with Crippen molar-refractivity contribution in [3.8, 4) is 0 Å². The van der Waals surface area contributed by atoms with Crippen molar-refractivity contribution in [1.82, 2.24) is 4.90 Å². The first kappa shape index (κ1) is 18.1. The summed E-state index contributed by atoms with van der Waals surface area (Å²) in [6, 6.07) is 14.7. The summed E-state index contributed by atoms with van der Waals surface area (Å²) >= 11 is 1.62. The van der Waals surface area contributed by atoms with Gasteiger partial charge in [-0.1, -0.05) is 37.3 Å². The van der Waals surface area contributed by atoms with Gasteiger partial charge >= 0.3 is 0 Å². The summed E-state index contributed by atoms with van der Waals surface area (Å²) in [6.45, 7) is 4.44. The number of thioether (sulfide) groups is 1. The summed E-state index contributed by atoms with van der Waals surface area (Å²) in [7, 11) is 0. The molecule has 1 amide bonds. The van der Waals surface area contributed by atoms with Crippen molar-refractivity contribution in [3.05, 3.63) is 42.5 Å². The fourth-order valence-corrected chi connectivity index (χ4v) is 3.74. The first-order chi connectivity index (χ1) is 10.6. The third kappa shape index (κ3) is 4.19. The predicted octanol–water partition coefficient (Wildman–Crippen LogP) is 3.55. The second-order valence-corrected chi connectivity index (χ2v) is 7.43. The summed E-state index contributed by atoms with van der Waals surface area (Å²) in [6.07, 6.45) is 1.01. The fourth-order valence-electron chi connectivity index (χ4n) is 2.90. The van der Waals surface area contributed by atoms with E-state index in [1.807, 2.05) is 17.0 Å². The standard InChI is InChI=1S/C18H22N2OS.ClH/c1-18(12-19)8-9-20(13-18)17(21)11-22-16-7-6-14-4-2-3-5-15(14)10-16;/h2-7,10H,8-9,11-13,19H2,1H3;1H. The van der Waals surface area contributed by atoms with E-state index < -0.39 is 0 Å². The van der Waals surface area contributed by atoms with E-state index in [1.165, 1.54) is 10.8 Å². The molecule has 3 nitrogen and oxygen atoms in total. The second kappa shape index (κ2) is 7.56. The lowest BCUT2D eigenvalue weighted by Gasteiger charge is -2.22. The number of halogens is 1. The molecule has 0 spiro atoms. The molecule has 1 fully saturated rings. The summed E-state index contributed by atoms with van der Waals surface area (Å²) in [5.41, 5.74) is 5.91. The van der Waals surface area contributed by atoms with E-state index in [-0.39, 0.29) is 23.7 Å². The maximum atomic E-state index is 12.4. The van der Waals surface area contributed by atoms with E-state index in [0.29, 0.717) is 12.3 Å². The zero-order chi connectivity index (χ0) is 15.6. The minimum Gasteiger partial charge on any atom is -0.341 e. The Hall–Kier alpha value is -1.23. The van der Waals surface area contributed by atoms with Crippen LogP contribution in [0, 0.1) is 5.41 Å². The monoisotopic (exact) mass is 350 g/mol. The van der Waals surface area contributed by atoms with Gasteiger partial charge in [-0.2, -0.15) is 0 Å². The van der Waals surface area contributed by atoms with Crippen LogP contribution >= 0.6 is 24.2 Å². The molecule has 2 aromatic carbocycles. The van der Waals surface area contributed by atoms with Crippen LogP contribution in [0.5, 0.6) is 0 Å². The molecule has 0 saturated carbocycles. The molecule has 1 heterocycles. The van der Waals surface area contributed by atoms with E-state index in [1.54, 1.807) is 11.8 Å². The van der Waals surface area contributed by atoms with Gasteiger partial charge in [0.05, 0.1) is 5.75 Å². The van der Waals surface area contributed by atoms with Gasteiger partial charge in [-0.15, -0.1) is 24.2 Å². The molecule has 5 heteroatoms. The Labute approximate surface area is 148 Å². The highest BCUT2D eigenvalue weighted by Gasteiger charge is 2.34. The van der Waals surface area contributed by atoms with E-state index in [9.17, 15) is 4.79 Å². The lowest BCUT2D eigenvalue weighted by molar-refractivity contribution is -0.127. The van der Waals surface area contributed by atoms with Crippen LogP contribution in [0.1, 0.15) is 13.3 Å². The zero-order valence-corrected chi connectivity index (χ0v) is 15.0. The number of rotatable bonds is 4. The highest BCUT2D eigenvalue weighted by atomic mass is 35.5. The van der Waals surface area contributed by atoms with Crippen molar-refractivity contribution >= 4 is 40.8 Å². The number of carbonyl (C=O) groups excluding carboxylic acids is 1. The number of nitrogens with zero attached hydrogens (tertiary/aromatic N) is 1. The van der Waals surface area contributed by atoms with Crippen LogP contribution in [0.3, 0.4) is 0 Å². The van der Waals surface area contributed by atoms with E-state index in [2.05, 4.69) is 37.3 Å². The molecule has 2 aromatic rings. The Kier molecular flexibility index (Phi) is 5.95. The summed E-state index contributed by atoms with van der Waals surface area (Å²) in [5, 5.41) is 2.45. The smallest absolute Gasteiger partial charge is 0.232 e. The number of benzene rings is 2. The SMILES string of the molecule is CC1(CN)CCN(C(=O)CSc2ccc3ccccc3c2)C1.Cl. The number of fused-ring (bicyclic) bond motifs is 1. The van der Waals surface area contributed by atoms with Gasteiger partial charge < -0.3 is 10.6 Å². The van der Waals surface area contributed by atoms with Gasteiger partial charge in [0.15, 0.2) is 0 Å². The molecule has 1 atom stereocenters. The molecule has 1 aliphatic rings.